The summed E-state index contributed by atoms with van der Waals surface area (Å²) in [6.07, 6.45) is 1.96. The second kappa shape index (κ2) is 2.46. The molecule has 0 atom stereocenters. The van der Waals surface area contributed by atoms with Gasteiger partial charge in [-0.1, -0.05) is 0 Å². The van der Waals surface area contributed by atoms with Gasteiger partial charge in [0.25, 0.3) is 0 Å². The first-order valence-electron chi connectivity index (χ1n) is 4.06. The van der Waals surface area contributed by atoms with Gasteiger partial charge in [0.1, 0.15) is 5.82 Å². The molecule has 2 heterocycles. The predicted octanol–water partition coefficient (Wildman–Crippen LogP) is 2.27. The molecule has 1 aromatic rings. The van der Waals surface area contributed by atoms with Crippen LogP contribution in [0.5, 0.6) is 0 Å². The van der Waals surface area contributed by atoms with Crippen LogP contribution in [0.15, 0.2) is 6.20 Å². The van der Waals surface area contributed by atoms with Crippen LogP contribution in [-0.2, 0) is 10.5 Å². The summed E-state index contributed by atoms with van der Waals surface area (Å²) in [7, 11) is 0. The molecule has 1 aromatic heterocycles. The molecule has 0 aromatic carbocycles. The van der Waals surface area contributed by atoms with E-state index >= 15 is 0 Å². The third-order valence-corrected chi connectivity index (χ3v) is 3.51. The van der Waals surface area contributed by atoms with Crippen LogP contribution >= 0.6 is 11.8 Å². The molecule has 0 bridgehead atoms. The molecule has 3 heteroatoms. The fraction of sp³-hybridized carbons (Fsp3) is 0.556. The SMILES string of the molecule is Cc1ncc2c(n1)C(C)(C)SC2. The second-order valence-electron chi connectivity index (χ2n) is 3.59. The summed E-state index contributed by atoms with van der Waals surface area (Å²) in [6, 6.07) is 0. The zero-order valence-corrected chi connectivity index (χ0v) is 8.40. The smallest absolute Gasteiger partial charge is 0.125 e. The normalized spacial score (nSPS) is 19.2. The molecule has 0 unspecified atom stereocenters. The number of aryl methyl sites for hydroxylation is 1. The molecule has 0 fully saturated rings. The molecule has 1 aliphatic rings. The molecule has 0 saturated carbocycles. The number of rotatable bonds is 0. The van der Waals surface area contributed by atoms with E-state index in [0.717, 1.165) is 11.6 Å². The zero-order chi connectivity index (χ0) is 8.77. The Bertz CT molecular complexity index is 320. The van der Waals surface area contributed by atoms with Gasteiger partial charge in [0, 0.05) is 17.5 Å². The number of thioether (sulfide) groups is 1. The Morgan fingerprint density at radius 1 is 1.50 bits per heavy atom. The molecule has 0 saturated heterocycles. The molecule has 2 rings (SSSR count). The Hall–Kier alpha value is -0.570. The largest absolute Gasteiger partial charge is 0.241 e. The van der Waals surface area contributed by atoms with Gasteiger partial charge in [0.2, 0.25) is 0 Å². The number of fused-ring (bicyclic) bond motifs is 1. The van der Waals surface area contributed by atoms with Gasteiger partial charge in [-0.15, -0.1) is 11.8 Å². The lowest BCUT2D eigenvalue weighted by molar-refractivity contribution is 0.742. The molecule has 0 spiro atoms. The topological polar surface area (TPSA) is 25.8 Å². The van der Waals surface area contributed by atoms with E-state index in [0.29, 0.717) is 0 Å². The van der Waals surface area contributed by atoms with E-state index in [1.165, 1.54) is 11.3 Å². The Morgan fingerprint density at radius 2 is 2.25 bits per heavy atom. The van der Waals surface area contributed by atoms with Gasteiger partial charge in [-0.2, -0.15) is 0 Å². The Balaban J connectivity index is 2.57. The number of nitrogens with zero attached hydrogens (tertiary/aromatic N) is 2. The van der Waals surface area contributed by atoms with Gasteiger partial charge < -0.3 is 0 Å². The third kappa shape index (κ3) is 1.12. The minimum Gasteiger partial charge on any atom is -0.241 e. The minimum atomic E-state index is 0.184. The lowest BCUT2D eigenvalue weighted by atomic mass is 10.1. The van der Waals surface area contributed by atoms with Crippen molar-refractivity contribution in [2.45, 2.75) is 31.3 Å². The van der Waals surface area contributed by atoms with Crippen LogP contribution < -0.4 is 0 Å². The fourth-order valence-electron chi connectivity index (χ4n) is 1.45. The lowest BCUT2D eigenvalue weighted by Gasteiger charge is -2.16. The molecule has 64 valence electrons. The van der Waals surface area contributed by atoms with Gasteiger partial charge >= 0.3 is 0 Å². The molecule has 2 nitrogen and oxygen atoms in total. The Labute approximate surface area is 76.8 Å². The zero-order valence-electron chi connectivity index (χ0n) is 7.59. The van der Waals surface area contributed by atoms with E-state index in [2.05, 4.69) is 23.8 Å². The van der Waals surface area contributed by atoms with Crippen LogP contribution in [0.1, 0.15) is 30.9 Å². The highest BCUT2D eigenvalue weighted by Gasteiger charge is 2.32. The summed E-state index contributed by atoms with van der Waals surface area (Å²) in [5.74, 6) is 1.94. The van der Waals surface area contributed by atoms with Crippen molar-refractivity contribution in [3.8, 4) is 0 Å². The Kier molecular flexibility index (Phi) is 1.65. The maximum atomic E-state index is 4.47. The predicted molar refractivity (Wildman–Crippen MR) is 51.1 cm³/mol. The Morgan fingerprint density at radius 3 is 3.00 bits per heavy atom. The van der Waals surface area contributed by atoms with Crippen molar-refractivity contribution < 1.29 is 0 Å². The van der Waals surface area contributed by atoms with Crippen LogP contribution in [0.4, 0.5) is 0 Å². The van der Waals surface area contributed by atoms with Crippen LogP contribution in [-0.4, -0.2) is 9.97 Å². The minimum absolute atomic E-state index is 0.184. The molecule has 0 aliphatic carbocycles. The fourth-order valence-corrected chi connectivity index (χ4v) is 2.49. The molecular weight excluding hydrogens is 168 g/mol. The molecule has 0 amide bonds. The second-order valence-corrected chi connectivity index (χ2v) is 5.19. The highest BCUT2D eigenvalue weighted by atomic mass is 32.2. The first-order valence-corrected chi connectivity index (χ1v) is 5.05. The standard InChI is InChI=1S/C9H12N2S/c1-6-10-4-7-5-12-9(2,3)8(7)11-6/h4H,5H2,1-3H3. The monoisotopic (exact) mass is 180 g/mol. The van der Waals surface area contributed by atoms with E-state index in [1.807, 2.05) is 24.9 Å². The summed E-state index contributed by atoms with van der Waals surface area (Å²) >= 11 is 1.93. The van der Waals surface area contributed by atoms with Crippen molar-refractivity contribution in [1.29, 1.82) is 0 Å². The van der Waals surface area contributed by atoms with Gasteiger partial charge in [-0.05, 0) is 20.8 Å². The molecule has 12 heavy (non-hydrogen) atoms. The third-order valence-electron chi connectivity index (χ3n) is 2.14. The summed E-state index contributed by atoms with van der Waals surface area (Å²) in [4.78, 5) is 8.67. The van der Waals surface area contributed by atoms with Crippen molar-refractivity contribution in [1.82, 2.24) is 9.97 Å². The lowest BCUT2D eigenvalue weighted by Crippen LogP contribution is -2.11. The van der Waals surface area contributed by atoms with Crippen LogP contribution in [0.25, 0.3) is 0 Å². The summed E-state index contributed by atoms with van der Waals surface area (Å²) in [6.45, 7) is 6.38. The highest BCUT2D eigenvalue weighted by molar-refractivity contribution is 7.99. The van der Waals surface area contributed by atoms with Crippen LogP contribution in [0, 0.1) is 6.92 Å². The quantitative estimate of drug-likeness (QED) is 0.612. The molecular formula is C9H12N2S. The van der Waals surface area contributed by atoms with E-state index in [1.54, 1.807) is 0 Å². The van der Waals surface area contributed by atoms with Crippen molar-refractivity contribution in [2.24, 2.45) is 0 Å². The number of hydrogen-bond donors (Lipinski definition) is 0. The van der Waals surface area contributed by atoms with Gasteiger partial charge in [0.15, 0.2) is 0 Å². The maximum Gasteiger partial charge on any atom is 0.125 e. The van der Waals surface area contributed by atoms with Crippen molar-refractivity contribution >= 4 is 11.8 Å². The van der Waals surface area contributed by atoms with Gasteiger partial charge in [-0.25, -0.2) is 9.97 Å². The van der Waals surface area contributed by atoms with E-state index in [9.17, 15) is 0 Å². The van der Waals surface area contributed by atoms with Crippen molar-refractivity contribution in [3.63, 3.8) is 0 Å². The molecule has 1 aliphatic heterocycles. The average Bonchev–Trinajstić information content (AvgIpc) is 2.28. The number of hydrogen-bond acceptors (Lipinski definition) is 3. The van der Waals surface area contributed by atoms with Crippen molar-refractivity contribution in [3.05, 3.63) is 23.3 Å². The van der Waals surface area contributed by atoms with Gasteiger partial charge in [0.05, 0.1) is 10.4 Å². The first-order chi connectivity index (χ1) is 5.59. The number of aromatic nitrogens is 2. The van der Waals surface area contributed by atoms with Crippen LogP contribution in [0.3, 0.4) is 0 Å². The average molecular weight is 180 g/mol. The van der Waals surface area contributed by atoms with E-state index < -0.39 is 0 Å². The van der Waals surface area contributed by atoms with Crippen LogP contribution in [0.2, 0.25) is 0 Å². The maximum absolute atomic E-state index is 4.47. The first kappa shape index (κ1) is 8.05. The summed E-state index contributed by atoms with van der Waals surface area (Å²) in [5, 5.41) is 0. The molecule has 0 N–H and O–H groups in total. The van der Waals surface area contributed by atoms with Gasteiger partial charge in [-0.3, -0.25) is 0 Å². The van der Waals surface area contributed by atoms with E-state index in [4.69, 9.17) is 0 Å². The van der Waals surface area contributed by atoms with Crippen molar-refractivity contribution in [2.75, 3.05) is 0 Å². The summed E-state index contributed by atoms with van der Waals surface area (Å²) < 4.78 is 0.184. The van der Waals surface area contributed by atoms with E-state index in [-0.39, 0.29) is 4.75 Å². The highest BCUT2D eigenvalue weighted by Crippen LogP contribution is 2.44. The summed E-state index contributed by atoms with van der Waals surface area (Å²) in [5.41, 5.74) is 2.52. The molecule has 0 radical (unpaired) electrons.